The predicted molar refractivity (Wildman–Crippen MR) is 74.7 cm³/mol. The second kappa shape index (κ2) is 5.11. The first-order valence-electron chi connectivity index (χ1n) is 6.63. The fraction of sp³-hybridized carbons (Fsp3) is 0.545. The molecule has 9 nitrogen and oxygen atoms in total. The van der Waals surface area contributed by atoms with Gasteiger partial charge in [0.25, 0.3) is 0 Å². The summed E-state index contributed by atoms with van der Waals surface area (Å²) in [6.45, 7) is 0.848. The van der Waals surface area contributed by atoms with Gasteiger partial charge in [-0.1, -0.05) is 0 Å². The zero-order valence-corrected chi connectivity index (χ0v) is 12.4. The van der Waals surface area contributed by atoms with Gasteiger partial charge in [-0.3, -0.25) is 5.10 Å². The SMILES string of the molecule is Cn1cnnc1C1CCCN(S(=O)(=O)c2cn[nH]c2N)C1. The molecule has 1 saturated heterocycles. The smallest absolute Gasteiger partial charge is 0.248 e. The third-order valence-electron chi connectivity index (χ3n) is 3.75. The number of hydrogen-bond donors (Lipinski definition) is 2. The topological polar surface area (TPSA) is 123 Å². The van der Waals surface area contributed by atoms with Gasteiger partial charge in [-0.25, -0.2) is 8.42 Å². The summed E-state index contributed by atoms with van der Waals surface area (Å²) >= 11 is 0. The van der Waals surface area contributed by atoms with Crippen LogP contribution < -0.4 is 5.73 Å². The summed E-state index contributed by atoms with van der Waals surface area (Å²) in [4.78, 5) is 0.0288. The zero-order chi connectivity index (χ0) is 15.0. The van der Waals surface area contributed by atoms with Crippen LogP contribution in [0.3, 0.4) is 0 Å². The van der Waals surface area contributed by atoms with E-state index < -0.39 is 10.0 Å². The van der Waals surface area contributed by atoms with Crippen LogP contribution in [0, 0.1) is 0 Å². The van der Waals surface area contributed by atoms with E-state index in [1.807, 2.05) is 11.6 Å². The van der Waals surface area contributed by atoms with Crippen LogP contribution in [-0.2, 0) is 17.1 Å². The molecule has 1 atom stereocenters. The first kappa shape index (κ1) is 14.0. The van der Waals surface area contributed by atoms with Gasteiger partial charge in [-0.15, -0.1) is 10.2 Å². The Kier molecular flexibility index (Phi) is 3.41. The summed E-state index contributed by atoms with van der Waals surface area (Å²) in [6, 6.07) is 0. The van der Waals surface area contributed by atoms with E-state index in [1.54, 1.807) is 6.33 Å². The Hall–Kier alpha value is -1.94. The van der Waals surface area contributed by atoms with Crippen molar-refractivity contribution in [2.75, 3.05) is 18.8 Å². The monoisotopic (exact) mass is 311 g/mol. The maximum Gasteiger partial charge on any atom is 0.248 e. The molecule has 1 aliphatic rings. The molecule has 0 aliphatic carbocycles. The standard InChI is InChI=1S/C11H17N7O2S/c1-17-7-14-16-11(17)8-3-2-4-18(6-8)21(19,20)9-5-13-15-10(9)12/h5,7-8H,2-4,6H2,1H3,(H3,12,13,15). The van der Waals surface area contributed by atoms with Crippen molar-refractivity contribution >= 4 is 15.8 Å². The summed E-state index contributed by atoms with van der Waals surface area (Å²) in [7, 11) is -1.77. The zero-order valence-electron chi connectivity index (χ0n) is 11.6. The molecular formula is C11H17N7O2S. The first-order valence-corrected chi connectivity index (χ1v) is 8.07. The second-order valence-corrected chi connectivity index (χ2v) is 7.06. The number of aryl methyl sites for hydroxylation is 1. The molecule has 3 heterocycles. The van der Waals surface area contributed by atoms with Gasteiger partial charge in [-0.05, 0) is 12.8 Å². The molecule has 1 unspecified atom stereocenters. The lowest BCUT2D eigenvalue weighted by Crippen LogP contribution is -2.39. The van der Waals surface area contributed by atoms with Crippen molar-refractivity contribution in [1.82, 2.24) is 29.3 Å². The highest BCUT2D eigenvalue weighted by Gasteiger charge is 2.34. The molecule has 2 aromatic rings. The number of H-pyrrole nitrogens is 1. The van der Waals surface area contributed by atoms with Gasteiger partial charge in [0, 0.05) is 26.1 Å². The molecule has 2 aromatic heterocycles. The van der Waals surface area contributed by atoms with Gasteiger partial charge < -0.3 is 10.3 Å². The molecule has 0 aromatic carbocycles. The fourth-order valence-electron chi connectivity index (χ4n) is 2.66. The Morgan fingerprint density at radius 3 is 2.90 bits per heavy atom. The van der Waals surface area contributed by atoms with Crippen LogP contribution in [0.25, 0.3) is 0 Å². The van der Waals surface area contributed by atoms with Crippen molar-refractivity contribution in [2.45, 2.75) is 23.7 Å². The maximum absolute atomic E-state index is 12.6. The highest BCUT2D eigenvalue weighted by molar-refractivity contribution is 7.89. The Labute approximate surface area is 122 Å². The molecule has 3 N–H and O–H groups in total. The predicted octanol–water partition coefficient (Wildman–Crippen LogP) is -0.311. The summed E-state index contributed by atoms with van der Waals surface area (Å²) in [5.41, 5.74) is 5.64. The van der Waals surface area contributed by atoms with Crippen LogP contribution in [0.5, 0.6) is 0 Å². The van der Waals surface area contributed by atoms with Crippen molar-refractivity contribution in [2.24, 2.45) is 7.05 Å². The number of hydrogen-bond acceptors (Lipinski definition) is 6. The number of anilines is 1. The van der Waals surface area contributed by atoms with Crippen LogP contribution in [0.15, 0.2) is 17.4 Å². The quantitative estimate of drug-likeness (QED) is 0.801. The van der Waals surface area contributed by atoms with Gasteiger partial charge >= 0.3 is 0 Å². The number of nitrogen functional groups attached to an aromatic ring is 1. The minimum Gasteiger partial charge on any atom is -0.383 e. The van der Waals surface area contributed by atoms with E-state index >= 15 is 0 Å². The molecule has 1 aliphatic heterocycles. The number of piperidine rings is 1. The van der Waals surface area contributed by atoms with Crippen LogP contribution in [0.1, 0.15) is 24.6 Å². The van der Waals surface area contributed by atoms with E-state index in [2.05, 4.69) is 20.4 Å². The molecule has 21 heavy (non-hydrogen) atoms. The number of nitrogens with zero attached hydrogens (tertiary/aromatic N) is 5. The van der Waals surface area contributed by atoms with Crippen LogP contribution in [0.2, 0.25) is 0 Å². The summed E-state index contributed by atoms with van der Waals surface area (Å²) in [6.07, 6.45) is 4.53. The molecule has 0 saturated carbocycles. The van der Waals surface area contributed by atoms with Gasteiger partial charge in [-0.2, -0.15) is 9.40 Å². The number of aromatic amines is 1. The number of sulfonamides is 1. The molecule has 3 rings (SSSR count). The van der Waals surface area contributed by atoms with Gasteiger partial charge in [0.1, 0.15) is 22.9 Å². The van der Waals surface area contributed by atoms with Gasteiger partial charge in [0.2, 0.25) is 10.0 Å². The largest absolute Gasteiger partial charge is 0.383 e. The summed E-state index contributed by atoms with van der Waals surface area (Å²) < 4.78 is 28.5. The molecule has 0 radical (unpaired) electrons. The lowest BCUT2D eigenvalue weighted by Gasteiger charge is -2.31. The van der Waals surface area contributed by atoms with Crippen molar-refractivity contribution in [3.05, 3.63) is 18.3 Å². The van der Waals surface area contributed by atoms with E-state index in [1.165, 1.54) is 10.5 Å². The number of rotatable bonds is 3. The van der Waals surface area contributed by atoms with E-state index in [0.29, 0.717) is 13.1 Å². The highest BCUT2D eigenvalue weighted by Crippen LogP contribution is 2.30. The molecule has 0 amide bonds. The summed E-state index contributed by atoms with van der Waals surface area (Å²) in [5.74, 6) is 0.903. The van der Waals surface area contributed by atoms with Gasteiger partial charge in [0.15, 0.2) is 0 Å². The average molecular weight is 311 g/mol. The summed E-state index contributed by atoms with van der Waals surface area (Å²) in [5, 5.41) is 14.1. The lowest BCUT2D eigenvalue weighted by molar-refractivity contribution is 0.306. The Morgan fingerprint density at radius 2 is 2.29 bits per heavy atom. The average Bonchev–Trinajstić information content (AvgIpc) is 3.07. The lowest BCUT2D eigenvalue weighted by atomic mass is 9.99. The van der Waals surface area contributed by atoms with E-state index in [0.717, 1.165) is 18.7 Å². The maximum atomic E-state index is 12.6. The van der Waals surface area contributed by atoms with Crippen molar-refractivity contribution in [1.29, 1.82) is 0 Å². The number of aromatic nitrogens is 5. The number of nitrogens with one attached hydrogen (secondary N) is 1. The Balaban J connectivity index is 1.87. The van der Waals surface area contributed by atoms with Crippen molar-refractivity contribution in [3.63, 3.8) is 0 Å². The van der Waals surface area contributed by atoms with E-state index in [4.69, 9.17) is 5.73 Å². The van der Waals surface area contributed by atoms with Crippen molar-refractivity contribution in [3.8, 4) is 0 Å². The Bertz CT molecular complexity index is 735. The second-order valence-electron chi connectivity index (χ2n) is 5.15. The fourth-order valence-corrected chi connectivity index (χ4v) is 4.20. The molecule has 0 spiro atoms. The van der Waals surface area contributed by atoms with E-state index in [-0.39, 0.29) is 16.6 Å². The van der Waals surface area contributed by atoms with Crippen LogP contribution >= 0.6 is 0 Å². The highest BCUT2D eigenvalue weighted by atomic mass is 32.2. The number of nitrogens with two attached hydrogens (primary N) is 1. The minimum absolute atomic E-state index is 0.0288. The van der Waals surface area contributed by atoms with Crippen molar-refractivity contribution < 1.29 is 8.42 Å². The Morgan fingerprint density at radius 1 is 1.48 bits per heavy atom. The van der Waals surface area contributed by atoms with Gasteiger partial charge in [0.05, 0.1) is 6.20 Å². The van der Waals surface area contributed by atoms with Crippen LogP contribution in [-0.4, -0.2) is 50.8 Å². The third-order valence-corrected chi connectivity index (χ3v) is 5.64. The molecule has 1 fully saturated rings. The first-order chi connectivity index (χ1) is 10.00. The van der Waals surface area contributed by atoms with E-state index in [9.17, 15) is 8.42 Å². The van der Waals surface area contributed by atoms with Crippen LogP contribution in [0.4, 0.5) is 5.82 Å². The molecule has 0 bridgehead atoms. The molecule has 10 heteroatoms. The molecular weight excluding hydrogens is 294 g/mol. The molecule has 114 valence electrons. The normalized spacial score (nSPS) is 20.7. The minimum atomic E-state index is -3.63. The third kappa shape index (κ3) is 2.40.